The van der Waals surface area contributed by atoms with Gasteiger partial charge in [-0.2, -0.15) is 0 Å². The minimum atomic E-state index is -1.39. The number of aliphatic hydroxyl groups excluding tert-OH is 1. The third-order valence-electron chi connectivity index (χ3n) is 17.8. The van der Waals surface area contributed by atoms with E-state index in [-0.39, 0.29) is 90.7 Å². The average molecular weight is 1410 g/mol. The van der Waals surface area contributed by atoms with Gasteiger partial charge >= 0.3 is 5.97 Å². The fourth-order valence-electron chi connectivity index (χ4n) is 11.3. The van der Waals surface area contributed by atoms with Gasteiger partial charge in [-0.15, -0.1) is 0 Å². The number of amides is 2. The second kappa shape index (κ2) is 45.2. The number of aliphatic hydroxyl groups is 1. The lowest BCUT2D eigenvalue weighted by Crippen LogP contribution is -2.61. The number of halogens is 2. The Kier molecular flexibility index (Phi) is 39.9. The summed E-state index contributed by atoms with van der Waals surface area (Å²) >= 11 is 0. The second-order valence-electron chi connectivity index (χ2n) is 27.7. The van der Waals surface area contributed by atoms with Crippen LogP contribution in [0.2, 0.25) is 0 Å². The number of rotatable bonds is 46. The summed E-state index contributed by atoms with van der Waals surface area (Å²) in [5.41, 5.74) is 4.99. The van der Waals surface area contributed by atoms with E-state index in [9.17, 15) is 76.8 Å². The van der Waals surface area contributed by atoms with Crippen LogP contribution in [-0.4, -0.2) is 138 Å². The summed E-state index contributed by atoms with van der Waals surface area (Å²) in [5.74, 6) is 3.31. The van der Waals surface area contributed by atoms with E-state index >= 15 is 0 Å². The summed E-state index contributed by atoms with van der Waals surface area (Å²) in [6.45, 7) is 22.0. The van der Waals surface area contributed by atoms with Gasteiger partial charge in [-0.25, -0.2) is 19.6 Å². The normalized spacial score (nSPS) is 15.0. The minimum Gasteiger partial charge on any atom is -0.508 e. The highest BCUT2D eigenvalue weighted by molar-refractivity contribution is 6.41. The number of aromatic amines is 1. The number of hydrogen-bond acceptors (Lipinski definition) is 19. The standard InChI is InChI=1S/C47H77F2N5O7.C26H30N4O6.C3H6O/c1-11-36(23-21-30(2)3)44(60)52-46(9,33(7)56)25-19-17-15-13-12-14-16-18-20-26-47(10,34(8)57)53-45(61)40(29-35-22-24-37(48)38(49)28-35)51-39(27-31(4)5)42(58)43(59)41(54-50)32(6)55;1-15(31)22(13-17-14-28-20-5-3-2-4-19(17)20)29-21(10-11-24(33)34)25(35)26(36)23(30-27)12-16-6-8-18(32)9-7-16;1-3(2)4/h13,15,22,24,28,30-32,36,39-41,51,54-55H,11-12,14,16-21,23,25-27,29,50H2,1-10H3,(H,52,60)(H,53,61);2-9,14,21-23,28-30,32H,10-13,27H2,1H3,(H,33,34);1-2H3/b15-13+;;/t32-,36+,39+,40+,41+,46+,47-;21-,22-,23-;/m10./s1. The van der Waals surface area contributed by atoms with Gasteiger partial charge in [0.05, 0.1) is 47.4 Å². The van der Waals surface area contributed by atoms with Gasteiger partial charge in [0.15, 0.2) is 23.2 Å². The largest absolute Gasteiger partial charge is 0.508 e. The fourth-order valence-corrected chi connectivity index (χ4v) is 11.3. The molecule has 10 atom stereocenters. The van der Waals surface area contributed by atoms with Crippen LogP contribution in [0.25, 0.3) is 10.9 Å². The number of carbonyl (C=O) groups excluding carboxylic acids is 10. The lowest BCUT2D eigenvalue weighted by atomic mass is 9.88. The molecule has 0 spiro atoms. The molecule has 0 aliphatic carbocycles. The first-order valence-corrected chi connectivity index (χ1v) is 35.0. The molecule has 1 heterocycles. The molecule has 101 heavy (non-hydrogen) atoms. The first kappa shape index (κ1) is 89.2. The Morgan fingerprint density at radius 3 is 1.65 bits per heavy atom. The molecule has 2 amide bonds. The molecule has 25 heteroatoms. The van der Waals surface area contributed by atoms with Crippen molar-refractivity contribution >= 4 is 75.0 Å². The minimum absolute atomic E-state index is 0.0501. The van der Waals surface area contributed by atoms with Crippen LogP contribution in [0.4, 0.5) is 8.78 Å². The van der Waals surface area contributed by atoms with Crippen LogP contribution < -0.4 is 43.8 Å². The van der Waals surface area contributed by atoms with Crippen molar-refractivity contribution < 1.29 is 76.8 Å². The van der Waals surface area contributed by atoms with E-state index in [1.165, 1.54) is 59.7 Å². The molecule has 0 bridgehead atoms. The lowest BCUT2D eigenvalue weighted by molar-refractivity contribution is -0.141. The van der Waals surface area contributed by atoms with E-state index in [0.29, 0.717) is 30.7 Å². The molecule has 0 saturated heterocycles. The molecular weight excluding hydrogens is 1300 g/mol. The van der Waals surface area contributed by atoms with Gasteiger partial charge in [0.25, 0.3) is 0 Å². The molecule has 0 saturated carbocycles. The highest BCUT2D eigenvalue weighted by Gasteiger charge is 2.40. The van der Waals surface area contributed by atoms with E-state index < -0.39 is 100 Å². The van der Waals surface area contributed by atoms with E-state index in [1.807, 2.05) is 52.0 Å². The highest BCUT2D eigenvalue weighted by atomic mass is 19.2. The van der Waals surface area contributed by atoms with Crippen molar-refractivity contribution in [2.75, 3.05) is 0 Å². The van der Waals surface area contributed by atoms with E-state index in [0.717, 1.165) is 86.4 Å². The molecule has 1 aromatic heterocycles. The zero-order valence-electron chi connectivity index (χ0n) is 61.3. The number of benzene rings is 3. The number of carboxylic acids is 1. The van der Waals surface area contributed by atoms with Crippen molar-refractivity contribution in [3.8, 4) is 5.75 Å². The van der Waals surface area contributed by atoms with Crippen molar-refractivity contribution in [3.05, 3.63) is 113 Å². The van der Waals surface area contributed by atoms with Crippen molar-refractivity contribution in [2.45, 2.75) is 259 Å². The molecule has 0 unspecified atom stereocenters. The Bertz CT molecular complexity index is 3390. The smallest absolute Gasteiger partial charge is 0.303 e. The Hall–Kier alpha value is -7.91. The van der Waals surface area contributed by atoms with Crippen LogP contribution in [0, 0.1) is 29.4 Å². The van der Waals surface area contributed by atoms with Crippen molar-refractivity contribution in [1.29, 1.82) is 0 Å². The molecule has 3 aromatic carbocycles. The number of nitrogens with one attached hydrogen (secondary N) is 7. The number of aromatic hydroxyl groups is 1. The predicted octanol–water partition coefficient (Wildman–Crippen LogP) is 8.69. The number of aromatic nitrogens is 1. The number of nitrogens with two attached hydrogens (primary N) is 2. The molecule has 0 radical (unpaired) electrons. The Labute approximate surface area is 594 Å². The van der Waals surface area contributed by atoms with Gasteiger partial charge in [0.1, 0.15) is 23.4 Å². The van der Waals surface area contributed by atoms with Crippen molar-refractivity contribution in [2.24, 2.45) is 29.4 Å². The van der Waals surface area contributed by atoms with Crippen LogP contribution in [0.1, 0.15) is 203 Å². The van der Waals surface area contributed by atoms with Crippen LogP contribution in [0.3, 0.4) is 0 Å². The van der Waals surface area contributed by atoms with Crippen molar-refractivity contribution in [1.82, 2.24) is 37.1 Å². The third kappa shape index (κ3) is 31.9. The number of hydrogen-bond donors (Lipinski definition) is 12. The van der Waals surface area contributed by atoms with Crippen LogP contribution in [-0.2, 0) is 72.0 Å². The maximum Gasteiger partial charge on any atom is 0.303 e. The molecule has 14 N–H and O–H groups in total. The highest BCUT2D eigenvalue weighted by Crippen LogP contribution is 2.25. The Morgan fingerprint density at radius 2 is 1.12 bits per heavy atom. The van der Waals surface area contributed by atoms with Crippen molar-refractivity contribution in [3.63, 3.8) is 0 Å². The quantitative estimate of drug-likeness (QED) is 0.00646. The zero-order valence-corrected chi connectivity index (χ0v) is 61.3. The summed E-state index contributed by atoms with van der Waals surface area (Å²) < 4.78 is 28.1. The first-order valence-electron chi connectivity index (χ1n) is 35.0. The average Bonchev–Trinajstić information content (AvgIpc) is 1.81. The summed E-state index contributed by atoms with van der Waals surface area (Å²) in [6.07, 6.45) is 13.4. The number of fused-ring (bicyclic) bond motifs is 1. The third-order valence-corrected chi connectivity index (χ3v) is 17.8. The van der Waals surface area contributed by atoms with Gasteiger partial charge in [-0.1, -0.05) is 109 Å². The number of ketones is 8. The number of carboxylic acid groups (broad SMARTS) is 1. The number of H-pyrrole nitrogens is 1. The number of allylic oxidation sites excluding steroid dienone is 2. The lowest BCUT2D eigenvalue weighted by Gasteiger charge is -2.32. The van der Waals surface area contributed by atoms with Gasteiger partial charge < -0.3 is 35.7 Å². The zero-order chi connectivity index (χ0) is 76.3. The van der Waals surface area contributed by atoms with Crippen LogP contribution in [0.5, 0.6) is 5.75 Å². The fraction of sp³-hybridized carbons (Fsp3) is 0.566. The number of phenols is 1. The molecule has 0 aliphatic heterocycles. The molecule has 0 aliphatic rings. The summed E-state index contributed by atoms with van der Waals surface area (Å²) in [7, 11) is 0. The number of hydrazine groups is 2. The second-order valence-corrected chi connectivity index (χ2v) is 27.7. The Balaban J connectivity index is 0.000000728. The number of unbranched alkanes of at least 4 members (excludes halogenated alkanes) is 5. The molecule has 4 aromatic rings. The van der Waals surface area contributed by atoms with Gasteiger partial charge in [-0.3, -0.25) is 70.3 Å². The molecule has 23 nitrogen and oxygen atoms in total. The topological polar surface area (TPSA) is 388 Å². The molecule has 4 rings (SSSR count). The number of Topliss-reactive ketones (excluding diaryl/α,β-unsaturated/α-hetero) is 8. The SMILES string of the molecule is CC(=O)[C@H](Cc1c[nH]c2ccccc12)N[C@@H](CCC(=O)O)C(=O)C(=O)[C@H](Cc1ccc(O)cc1)NN.CC(C)=O.CC[C@@H](CCC(C)C)C(=O)N[C@@](C)(CCC/C=C/CCCCCC[C@@](C)(NC(=O)[C@H](Cc1ccc(F)c(F)c1)N[C@@H](CC(C)C)C(=O)C(=O)[C@@H](NN)[C@@H](C)O)C(C)=O)C(C)=O. The maximum atomic E-state index is 14.3. The van der Waals surface area contributed by atoms with Crippen LogP contribution in [0.15, 0.2) is 85.1 Å². The number of carbonyl (C=O) groups is 11. The summed E-state index contributed by atoms with van der Waals surface area (Å²) in [6, 6.07) is 9.97. The number of para-hydroxylation sites is 1. The van der Waals surface area contributed by atoms with E-state index in [4.69, 9.17) is 11.7 Å². The first-order chi connectivity index (χ1) is 47.4. The summed E-state index contributed by atoms with van der Waals surface area (Å²) in [4.78, 5) is 142. The number of aliphatic carboxylic acids is 1. The monoisotopic (exact) mass is 1410 g/mol. The predicted molar refractivity (Wildman–Crippen MR) is 386 cm³/mol. The summed E-state index contributed by atoms with van der Waals surface area (Å²) in [5, 5.41) is 41.4. The molecule has 560 valence electrons. The van der Waals surface area contributed by atoms with Gasteiger partial charge in [0, 0.05) is 29.4 Å². The number of phenolic OH excluding ortho intramolecular Hbond substituents is 1. The molecule has 0 fully saturated rings. The maximum absolute atomic E-state index is 14.3. The molecular formula is C76H113F2N9O14. The van der Waals surface area contributed by atoms with E-state index in [1.54, 1.807) is 25.3 Å². The van der Waals surface area contributed by atoms with Gasteiger partial charge in [0.2, 0.25) is 34.9 Å². The Morgan fingerprint density at radius 1 is 0.584 bits per heavy atom. The van der Waals surface area contributed by atoms with Gasteiger partial charge in [-0.05, 0) is 198 Å². The van der Waals surface area contributed by atoms with Crippen LogP contribution >= 0.6 is 0 Å². The van der Waals surface area contributed by atoms with E-state index in [2.05, 4.69) is 63.1 Å².